The van der Waals surface area contributed by atoms with E-state index in [0.29, 0.717) is 24.4 Å². The van der Waals surface area contributed by atoms with Crippen LogP contribution in [0.1, 0.15) is 38.7 Å². The minimum atomic E-state index is -0.0160. The van der Waals surface area contributed by atoms with E-state index in [0.717, 1.165) is 28.5 Å². The van der Waals surface area contributed by atoms with E-state index in [2.05, 4.69) is 35.8 Å². The van der Waals surface area contributed by atoms with Crippen LogP contribution in [0.5, 0.6) is 0 Å². The van der Waals surface area contributed by atoms with Gasteiger partial charge in [0.25, 0.3) is 5.91 Å². The molecular formula is C23H22N4O2. The smallest absolute Gasteiger partial charge is 0.258 e. The average molecular weight is 386 g/mol. The van der Waals surface area contributed by atoms with Crippen molar-refractivity contribution < 1.29 is 9.21 Å². The van der Waals surface area contributed by atoms with E-state index in [9.17, 15) is 4.79 Å². The molecule has 0 unspecified atom stereocenters. The van der Waals surface area contributed by atoms with Crippen LogP contribution in [0.25, 0.3) is 11.5 Å². The molecule has 1 aliphatic rings. The number of hydrogen-bond acceptors (Lipinski definition) is 3. The Morgan fingerprint density at radius 3 is 2.41 bits per heavy atom. The van der Waals surface area contributed by atoms with Crippen molar-refractivity contribution in [3.8, 4) is 11.5 Å². The number of benzene rings is 1. The lowest BCUT2D eigenvalue weighted by Gasteiger charge is -2.17. The molecule has 4 aromatic rings. The minimum absolute atomic E-state index is 0.0160. The third-order valence-electron chi connectivity index (χ3n) is 5.42. The fraction of sp³-hybridized carbons (Fsp3) is 0.217. The minimum Gasteiger partial charge on any atom is -0.466 e. The summed E-state index contributed by atoms with van der Waals surface area (Å²) in [7, 11) is 0. The molecule has 6 nitrogen and oxygen atoms in total. The van der Waals surface area contributed by atoms with Crippen LogP contribution >= 0.6 is 0 Å². The number of hydrogen-bond donors (Lipinski definition) is 0. The summed E-state index contributed by atoms with van der Waals surface area (Å²) < 4.78 is 9.59. The van der Waals surface area contributed by atoms with E-state index < -0.39 is 0 Å². The van der Waals surface area contributed by atoms with E-state index in [1.54, 1.807) is 0 Å². The Labute approximate surface area is 169 Å². The van der Waals surface area contributed by atoms with Crippen molar-refractivity contribution in [2.45, 2.75) is 33.9 Å². The van der Waals surface area contributed by atoms with Crippen LogP contribution in [-0.2, 0) is 13.1 Å². The SMILES string of the molecule is Cc1ccc(-n2nc3c(c2-n2cccc2)CN(C(=O)c2cc(C)oc2C)C3)cc1. The molecule has 0 aliphatic carbocycles. The van der Waals surface area contributed by atoms with Crippen LogP contribution in [0.4, 0.5) is 0 Å². The van der Waals surface area contributed by atoms with Crippen molar-refractivity contribution in [2.24, 2.45) is 0 Å². The van der Waals surface area contributed by atoms with Crippen molar-refractivity contribution in [1.29, 1.82) is 0 Å². The van der Waals surface area contributed by atoms with Gasteiger partial charge in [-0.2, -0.15) is 5.10 Å². The first-order valence-electron chi connectivity index (χ1n) is 9.69. The van der Waals surface area contributed by atoms with E-state index >= 15 is 0 Å². The molecule has 1 aliphatic heterocycles. The Hall–Kier alpha value is -3.54. The molecule has 3 aromatic heterocycles. The molecule has 146 valence electrons. The Balaban J connectivity index is 1.55. The van der Waals surface area contributed by atoms with Crippen LogP contribution in [-0.4, -0.2) is 25.2 Å². The van der Waals surface area contributed by atoms with Gasteiger partial charge in [0.1, 0.15) is 17.3 Å². The highest BCUT2D eigenvalue weighted by atomic mass is 16.3. The molecule has 4 heterocycles. The van der Waals surface area contributed by atoms with Crippen LogP contribution < -0.4 is 0 Å². The third kappa shape index (κ3) is 2.88. The Kier molecular flexibility index (Phi) is 3.94. The van der Waals surface area contributed by atoms with E-state index in [4.69, 9.17) is 9.52 Å². The number of rotatable bonds is 3. The zero-order valence-corrected chi connectivity index (χ0v) is 16.7. The van der Waals surface area contributed by atoms with Crippen molar-refractivity contribution in [1.82, 2.24) is 19.2 Å². The summed E-state index contributed by atoms with van der Waals surface area (Å²) in [5.74, 6) is 2.37. The molecule has 0 radical (unpaired) electrons. The molecule has 0 fully saturated rings. The number of fused-ring (bicyclic) bond motifs is 1. The number of aromatic nitrogens is 3. The van der Waals surface area contributed by atoms with Crippen LogP contribution in [0, 0.1) is 20.8 Å². The predicted octanol–water partition coefficient (Wildman–Crippen LogP) is 4.34. The summed E-state index contributed by atoms with van der Waals surface area (Å²) in [6.45, 7) is 6.78. The Bertz CT molecular complexity index is 1200. The lowest BCUT2D eigenvalue weighted by molar-refractivity contribution is 0.0747. The summed E-state index contributed by atoms with van der Waals surface area (Å²) in [5.41, 5.74) is 4.85. The average Bonchev–Trinajstić information content (AvgIpc) is 3.45. The molecule has 0 saturated heterocycles. The number of furan rings is 1. The van der Waals surface area contributed by atoms with Gasteiger partial charge in [-0.05, 0) is 51.1 Å². The Morgan fingerprint density at radius 2 is 1.76 bits per heavy atom. The molecule has 0 saturated carbocycles. The summed E-state index contributed by atoms with van der Waals surface area (Å²) in [4.78, 5) is 14.9. The number of amides is 1. The quantitative estimate of drug-likeness (QED) is 0.526. The second kappa shape index (κ2) is 6.51. The maximum Gasteiger partial charge on any atom is 0.258 e. The lowest BCUT2D eigenvalue weighted by Crippen LogP contribution is -2.26. The normalized spacial score (nSPS) is 13.1. The van der Waals surface area contributed by atoms with Gasteiger partial charge in [0, 0.05) is 18.0 Å². The fourth-order valence-electron chi connectivity index (χ4n) is 3.97. The number of carbonyl (C=O) groups excluding carboxylic acids is 1. The highest BCUT2D eigenvalue weighted by Gasteiger charge is 2.33. The fourth-order valence-corrected chi connectivity index (χ4v) is 3.97. The lowest BCUT2D eigenvalue weighted by atomic mass is 10.2. The molecule has 0 N–H and O–H groups in total. The van der Waals surface area contributed by atoms with Crippen LogP contribution in [0.15, 0.2) is 59.3 Å². The highest BCUT2D eigenvalue weighted by molar-refractivity contribution is 5.95. The molecule has 5 rings (SSSR count). The molecule has 29 heavy (non-hydrogen) atoms. The highest BCUT2D eigenvalue weighted by Crippen LogP contribution is 2.32. The van der Waals surface area contributed by atoms with E-state index in [1.807, 2.05) is 54.0 Å². The molecular weight excluding hydrogens is 364 g/mol. The monoisotopic (exact) mass is 386 g/mol. The second-order valence-electron chi connectivity index (χ2n) is 7.57. The first-order valence-corrected chi connectivity index (χ1v) is 9.69. The largest absolute Gasteiger partial charge is 0.466 e. The first-order chi connectivity index (χ1) is 14.0. The van der Waals surface area contributed by atoms with E-state index in [1.165, 1.54) is 5.56 Å². The second-order valence-corrected chi connectivity index (χ2v) is 7.57. The number of carbonyl (C=O) groups is 1. The summed E-state index contributed by atoms with van der Waals surface area (Å²) in [6, 6.07) is 14.1. The Morgan fingerprint density at radius 1 is 1.03 bits per heavy atom. The van der Waals surface area contributed by atoms with Gasteiger partial charge in [-0.3, -0.25) is 4.79 Å². The summed E-state index contributed by atoms with van der Waals surface area (Å²) in [5, 5.41) is 4.88. The number of aryl methyl sites for hydroxylation is 3. The molecule has 0 spiro atoms. The third-order valence-corrected chi connectivity index (χ3v) is 5.42. The molecule has 1 aromatic carbocycles. The number of nitrogens with zero attached hydrogens (tertiary/aromatic N) is 4. The molecule has 0 atom stereocenters. The summed E-state index contributed by atoms with van der Waals surface area (Å²) in [6.07, 6.45) is 4.02. The van der Waals surface area contributed by atoms with Gasteiger partial charge in [-0.25, -0.2) is 4.68 Å². The van der Waals surface area contributed by atoms with Gasteiger partial charge in [-0.15, -0.1) is 0 Å². The van der Waals surface area contributed by atoms with Gasteiger partial charge < -0.3 is 13.9 Å². The van der Waals surface area contributed by atoms with E-state index in [-0.39, 0.29) is 5.91 Å². The van der Waals surface area contributed by atoms with Crippen molar-refractivity contribution >= 4 is 5.91 Å². The molecule has 6 heteroatoms. The van der Waals surface area contributed by atoms with Crippen molar-refractivity contribution in [2.75, 3.05) is 0 Å². The standard InChI is InChI=1S/C23H22N4O2/c1-15-6-8-18(9-7-15)27-22(25-10-4-5-11-25)20-13-26(14-21(20)24-27)23(28)19-12-16(2)29-17(19)3/h4-12H,13-14H2,1-3H3. The maximum atomic E-state index is 13.1. The van der Waals surface area contributed by atoms with Gasteiger partial charge in [-0.1, -0.05) is 17.7 Å². The van der Waals surface area contributed by atoms with Crippen molar-refractivity contribution in [3.63, 3.8) is 0 Å². The first kappa shape index (κ1) is 17.6. The topological polar surface area (TPSA) is 56.2 Å². The summed E-state index contributed by atoms with van der Waals surface area (Å²) >= 11 is 0. The zero-order valence-electron chi connectivity index (χ0n) is 16.7. The van der Waals surface area contributed by atoms with Crippen LogP contribution in [0.3, 0.4) is 0 Å². The van der Waals surface area contributed by atoms with Gasteiger partial charge >= 0.3 is 0 Å². The zero-order chi connectivity index (χ0) is 20.1. The maximum absolute atomic E-state index is 13.1. The molecule has 1 amide bonds. The predicted molar refractivity (Wildman–Crippen MR) is 109 cm³/mol. The van der Waals surface area contributed by atoms with Gasteiger partial charge in [0.2, 0.25) is 0 Å². The van der Waals surface area contributed by atoms with Gasteiger partial charge in [0.05, 0.1) is 30.0 Å². The van der Waals surface area contributed by atoms with Crippen molar-refractivity contribution in [3.05, 3.63) is 88.8 Å². The van der Waals surface area contributed by atoms with Gasteiger partial charge in [0.15, 0.2) is 0 Å². The van der Waals surface area contributed by atoms with Crippen LogP contribution in [0.2, 0.25) is 0 Å². The molecule has 0 bridgehead atoms.